The van der Waals surface area contributed by atoms with Crippen LogP contribution < -0.4 is 10.5 Å². The maximum absolute atomic E-state index is 12.4. The lowest BCUT2D eigenvalue weighted by atomic mass is 10.2. The number of rotatable bonds is 5. The third kappa shape index (κ3) is 3.41. The molecule has 1 aromatic carbocycles. The Morgan fingerprint density at radius 2 is 2.21 bits per heavy atom. The number of carbonyl (C=O) groups is 1. The van der Waals surface area contributed by atoms with Crippen molar-refractivity contribution in [2.24, 2.45) is 0 Å². The molecule has 0 aliphatic rings. The molecule has 0 fully saturated rings. The summed E-state index contributed by atoms with van der Waals surface area (Å²) in [5, 5.41) is 9.38. The Kier molecular flexibility index (Phi) is 5.26. The molecular formula is C15H12ClF2N3O3. The zero-order chi connectivity index (χ0) is 17.9. The van der Waals surface area contributed by atoms with Crippen molar-refractivity contribution in [3.05, 3.63) is 40.7 Å². The van der Waals surface area contributed by atoms with Crippen molar-refractivity contribution >= 4 is 23.3 Å². The molecule has 0 radical (unpaired) electrons. The van der Waals surface area contributed by atoms with Gasteiger partial charge in [-0.3, -0.25) is 0 Å². The summed E-state index contributed by atoms with van der Waals surface area (Å²) in [6, 6.07) is 6.06. The number of nitrogens with two attached hydrogens (primary N) is 1. The number of hydrogen-bond acceptors (Lipinski definition) is 5. The molecule has 0 saturated carbocycles. The Bertz CT molecular complexity index is 815. The molecule has 6 nitrogen and oxygen atoms in total. The SMILES string of the molecule is COC(=O)c1c(N)c(C#N)cn1-c1cc(Cl)ccc1OCC(F)F. The first-order chi connectivity index (χ1) is 11.4. The van der Waals surface area contributed by atoms with Gasteiger partial charge in [0.25, 0.3) is 6.43 Å². The number of hydrogen-bond donors (Lipinski definition) is 1. The van der Waals surface area contributed by atoms with Crippen LogP contribution in [-0.2, 0) is 4.74 Å². The maximum atomic E-state index is 12.4. The highest BCUT2D eigenvalue weighted by molar-refractivity contribution is 6.30. The van der Waals surface area contributed by atoms with E-state index >= 15 is 0 Å². The number of halogens is 3. The summed E-state index contributed by atoms with van der Waals surface area (Å²) in [6.07, 6.45) is -1.40. The number of nitrogens with zero attached hydrogens (tertiary/aromatic N) is 2. The van der Waals surface area contributed by atoms with Crippen molar-refractivity contribution in [2.75, 3.05) is 19.5 Å². The summed E-state index contributed by atoms with van der Waals surface area (Å²) < 4.78 is 35.8. The average Bonchev–Trinajstić information content (AvgIpc) is 2.89. The van der Waals surface area contributed by atoms with Crippen LogP contribution in [0.15, 0.2) is 24.4 Å². The highest BCUT2D eigenvalue weighted by atomic mass is 35.5. The van der Waals surface area contributed by atoms with Crippen molar-refractivity contribution in [2.45, 2.75) is 6.43 Å². The van der Waals surface area contributed by atoms with Gasteiger partial charge in [0.05, 0.1) is 24.0 Å². The van der Waals surface area contributed by atoms with Gasteiger partial charge in [-0.05, 0) is 18.2 Å². The Balaban J connectivity index is 2.65. The average molecular weight is 356 g/mol. The lowest BCUT2D eigenvalue weighted by Gasteiger charge is -2.14. The summed E-state index contributed by atoms with van der Waals surface area (Å²) in [5.41, 5.74) is 5.78. The number of methoxy groups -OCH3 is 1. The molecule has 1 heterocycles. The van der Waals surface area contributed by atoms with E-state index in [0.29, 0.717) is 0 Å². The summed E-state index contributed by atoms with van der Waals surface area (Å²) >= 11 is 5.95. The molecule has 0 unspecified atom stereocenters. The van der Waals surface area contributed by atoms with Gasteiger partial charge in [-0.25, -0.2) is 13.6 Å². The first-order valence-corrected chi connectivity index (χ1v) is 6.97. The topological polar surface area (TPSA) is 90.3 Å². The lowest BCUT2D eigenvalue weighted by Crippen LogP contribution is -2.13. The number of benzene rings is 1. The van der Waals surface area contributed by atoms with E-state index < -0.39 is 19.0 Å². The van der Waals surface area contributed by atoms with Gasteiger partial charge in [-0.2, -0.15) is 5.26 Å². The van der Waals surface area contributed by atoms with E-state index in [9.17, 15) is 13.6 Å². The number of nitrogen functional groups attached to an aromatic ring is 1. The minimum Gasteiger partial charge on any atom is -0.485 e. The standard InChI is InChI=1S/C15H12ClF2N3O3/c1-23-15(22)14-13(20)8(5-19)6-21(14)10-4-9(16)2-3-11(10)24-7-12(17)18/h2-4,6,12H,7,20H2,1H3. The second-order valence-corrected chi connectivity index (χ2v) is 5.03. The Morgan fingerprint density at radius 1 is 1.50 bits per heavy atom. The summed E-state index contributed by atoms with van der Waals surface area (Å²) in [6.45, 7) is -0.843. The number of alkyl halides is 2. The molecule has 0 bridgehead atoms. The normalized spacial score (nSPS) is 10.5. The van der Waals surface area contributed by atoms with Crippen molar-refractivity contribution in [1.29, 1.82) is 5.26 Å². The first kappa shape index (κ1) is 17.6. The van der Waals surface area contributed by atoms with Crippen LogP contribution in [0.1, 0.15) is 16.1 Å². The number of nitriles is 1. The van der Waals surface area contributed by atoms with Crippen LogP contribution in [0.5, 0.6) is 5.75 Å². The quantitative estimate of drug-likeness (QED) is 0.832. The van der Waals surface area contributed by atoms with Gasteiger partial charge in [-0.1, -0.05) is 11.6 Å². The van der Waals surface area contributed by atoms with Crippen LogP contribution in [0.4, 0.5) is 14.5 Å². The van der Waals surface area contributed by atoms with Crippen LogP contribution >= 0.6 is 11.6 Å². The predicted octanol–water partition coefficient (Wildman–Crippen LogP) is 3.02. The highest BCUT2D eigenvalue weighted by Crippen LogP contribution is 2.32. The van der Waals surface area contributed by atoms with Crippen LogP contribution in [0.25, 0.3) is 5.69 Å². The van der Waals surface area contributed by atoms with Crippen LogP contribution in [-0.4, -0.2) is 30.7 Å². The van der Waals surface area contributed by atoms with Gasteiger partial charge in [-0.15, -0.1) is 0 Å². The fraction of sp³-hybridized carbons (Fsp3) is 0.200. The Labute approximate surface area is 140 Å². The second kappa shape index (κ2) is 7.19. The van der Waals surface area contributed by atoms with Crippen LogP contribution in [0.2, 0.25) is 5.02 Å². The predicted molar refractivity (Wildman–Crippen MR) is 82.7 cm³/mol. The zero-order valence-electron chi connectivity index (χ0n) is 12.4. The van der Waals surface area contributed by atoms with E-state index in [4.69, 9.17) is 27.3 Å². The molecule has 9 heteroatoms. The van der Waals surface area contributed by atoms with E-state index in [2.05, 4.69) is 4.74 Å². The molecule has 2 rings (SSSR count). The van der Waals surface area contributed by atoms with E-state index in [1.54, 1.807) is 0 Å². The second-order valence-electron chi connectivity index (χ2n) is 4.59. The molecule has 1 aromatic heterocycles. The van der Waals surface area contributed by atoms with Crippen molar-refractivity contribution in [3.8, 4) is 17.5 Å². The molecule has 0 saturated heterocycles. The summed E-state index contributed by atoms with van der Waals surface area (Å²) in [4.78, 5) is 12.0. The molecule has 24 heavy (non-hydrogen) atoms. The maximum Gasteiger partial charge on any atom is 0.357 e. The number of esters is 1. The number of aromatic nitrogens is 1. The van der Waals surface area contributed by atoms with Gasteiger partial charge < -0.3 is 19.8 Å². The van der Waals surface area contributed by atoms with Gasteiger partial charge in [0.1, 0.15) is 18.4 Å². The van der Waals surface area contributed by atoms with E-state index in [1.165, 1.54) is 29.0 Å². The van der Waals surface area contributed by atoms with Gasteiger partial charge in [0.2, 0.25) is 0 Å². The molecule has 0 aliphatic carbocycles. The fourth-order valence-electron chi connectivity index (χ4n) is 2.06. The molecule has 0 aliphatic heterocycles. The van der Waals surface area contributed by atoms with Gasteiger partial charge in [0, 0.05) is 11.2 Å². The molecular weight excluding hydrogens is 344 g/mol. The zero-order valence-corrected chi connectivity index (χ0v) is 13.2. The van der Waals surface area contributed by atoms with Gasteiger partial charge >= 0.3 is 5.97 Å². The molecule has 2 N–H and O–H groups in total. The molecule has 0 amide bonds. The van der Waals surface area contributed by atoms with Crippen molar-refractivity contribution in [1.82, 2.24) is 4.57 Å². The number of anilines is 1. The smallest absolute Gasteiger partial charge is 0.357 e. The minimum atomic E-state index is -2.68. The van der Waals surface area contributed by atoms with E-state index in [-0.39, 0.29) is 33.4 Å². The Morgan fingerprint density at radius 3 is 2.79 bits per heavy atom. The van der Waals surface area contributed by atoms with Gasteiger partial charge in [0.15, 0.2) is 5.69 Å². The highest BCUT2D eigenvalue weighted by Gasteiger charge is 2.23. The van der Waals surface area contributed by atoms with Crippen molar-refractivity contribution < 1.29 is 23.0 Å². The largest absolute Gasteiger partial charge is 0.485 e. The van der Waals surface area contributed by atoms with Crippen LogP contribution in [0.3, 0.4) is 0 Å². The number of ether oxygens (including phenoxy) is 2. The lowest BCUT2D eigenvalue weighted by molar-refractivity contribution is 0.0592. The first-order valence-electron chi connectivity index (χ1n) is 6.59. The third-order valence-electron chi connectivity index (χ3n) is 3.09. The third-order valence-corrected chi connectivity index (χ3v) is 3.32. The number of carbonyl (C=O) groups excluding carboxylic acids is 1. The molecule has 126 valence electrons. The van der Waals surface area contributed by atoms with E-state index in [0.717, 1.165) is 7.11 Å². The minimum absolute atomic E-state index is 0.0233. The fourth-order valence-corrected chi connectivity index (χ4v) is 2.22. The monoisotopic (exact) mass is 355 g/mol. The summed E-state index contributed by atoms with van der Waals surface area (Å²) in [7, 11) is 1.15. The van der Waals surface area contributed by atoms with Crippen molar-refractivity contribution in [3.63, 3.8) is 0 Å². The Hall–Kier alpha value is -2.79. The summed E-state index contributed by atoms with van der Waals surface area (Å²) in [5.74, 6) is -0.752. The molecule has 0 spiro atoms. The molecule has 2 aromatic rings. The molecule has 0 atom stereocenters. The van der Waals surface area contributed by atoms with E-state index in [1.807, 2.05) is 6.07 Å². The van der Waals surface area contributed by atoms with Crippen LogP contribution in [0, 0.1) is 11.3 Å².